The molecule has 4 heteroatoms. The number of rotatable bonds is 6. The Kier molecular flexibility index (Phi) is 5.72. The summed E-state index contributed by atoms with van der Waals surface area (Å²) < 4.78 is 0. The van der Waals surface area contributed by atoms with Crippen molar-refractivity contribution in [1.82, 2.24) is 10.2 Å². The van der Waals surface area contributed by atoms with Crippen molar-refractivity contribution in [3.05, 3.63) is 0 Å². The topological polar surface area (TPSA) is 58.4 Å². The zero-order valence-corrected chi connectivity index (χ0v) is 9.76. The van der Waals surface area contributed by atoms with E-state index in [1.807, 2.05) is 32.7 Å². The number of nitrogens with one attached hydrogen (secondary N) is 1. The molecule has 0 atom stereocenters. The summed E-state index contributed by atoms with van der Waals surface area (Å²) in [7, 11) is 1.92. The Labute approximate surface area is 86.8 Å². The summed E-state index contributed by atoms with van der Waals surface area (Å²) in [5.41, 5.74) is 5.49. The molecule has 0 aromatic heterocycles. The molecule has 0 aromatic rings. The van der Waals surface area contributed by atoms with E-state index in [-0.39, 0.29) is 11.4 Å². The van der Waals surface area contributed by atoms with E-state index >= 15 is 0 Å². The van der Waals surface area contributed by atoms with Crippen molar-refractivity contribution in [2.75, 3.05) is 26.7 Å². The molecule has 0 saturated carbocycles. The summed E-state index contributed by atoms with van der Waals surface area (Å²) in [5.74, 6) is 0.0656. The highest BCUT2D eigenvalue weighted by Gasteiger charge is 2.22. The van der Waals surface area contributed by atoms with E-state index in [0.717, 1.165) is 13.0 Å². The van der Waals surface area contributed by atoms with E-state index in [9.17, 15) is 4.79 Å². The van der Waals surface area contributed by atoms with Gasteiger partial charge in [0.25, 0.3) is 0 Å². The molecule has 0 radical (unpaired) electrons. The highest BCUT2D eigenvalue weighted by molar-refractivity contribution is 5.78. The number of nitrogens with zero attached hydrogens (tertiary/aromatic N) is 1. The zero-order chi connectivity index (χ0) is 11.2. The first-order chi connectivity index (χ1) is 6.44. The van der Waals surface area contributed by atoms with Crippen LogP contribution in [0.4, 0.5) is 0 Å². The fourth-order valence-corrected chi connectivity index (χ4v) is 0.906. The number of likely N-dealkylation sites (N-methyl/N-ethyl adjacent to an activating group) is 1. The maximum atomic E-state index is 11.4. The minimum Gasteiger partial charge on any atom is -0.355 e. The summed E-state index contributed by atoms with van der Waals surface area (Å²) in [4.78, 5) is 13.4. The van der Waals surface area contributed by atoms with E-state index < -0.39 is 0 Å². The van der Waals surface area contributed by atoms with Crippen LogP contribution >= 0.6 is 0 Å². The molecule has 84 valence electrons. The molecule has 0 aliphatic carbocycles. The van der Waals surface area contributed by atoms with Gasteiger partial charge in [-0.2, -0.15) is 0 Å². The number of hydrogen-bond acceptors (Lipinski definition) is 3. The molecule has 0 unspecified atom stereocenters. The van der Waals surface area contributed by atoms with Gasteiger partial charge in [-0.05, 0) is 27.3 Å². The fourth-order valence-electron chi connectivity index (χ4n) is 0.906. The molecule has 0 aliphatic heterocycles. The predicted octanol–water partition coefficient (Wildman–Crippen LogP) is 0.182. The van der Waals surface area contributed by atoms with E-state index in [0.29, 0.717) is 13.1 Å². The first-order valence-corrected chi connectivity index (χ1v) is 5.12. The molecule has 0 bridgehead atoms. The smallest absolute Gasteiger partial charge is 0.234 e. The van der Waals surface area contributed by atoms with E-state index in [4.69, 9.17) is 5.73 Å². The average molecular weight is 201 g/mol. The lowest BCUT2D eigenvalue weighted by atomic mass is 10.0. The predicted molar refractivity (Wildman–Crippen MR) is 59.1 cm³/mol. The molecule has 0 aromatic carbocycles. The molecule has 4 nitrogen and oxygen atoms in total. The Morgan fingerprint density at radius 1 is 1.50 bits per heavy atom. The third-order valence-electron chi connectivity index (χ3n) is 2.49. The van der Waals surface area contributed by atoms with Gasteiger partial charge in [0.15, 0.2) is 0 Å². The van der Waals surface area contributed by atoms with Crippen LogP contribution in [0.15, 0.2) is 0 Å². The van der Waals surface area contributed by atoms with Crippen LogP contribution in [0.3, 0.4) is 0 Å². The van der Waals surface area contributed by atoms with Gasteiger partial charge in [0.1, 0.15) is 0 Å². The number of nitrogens with two attached hydrogens (primary N) is 1. The van der Waals surface area contributed by atoms with Crippen LogP contribution in [0.1, 0.15) is 27.2 Å². The lowest BCUT2D eigenvalue weighted by molar-refractivity contribution is -0.123. The van der Waals surface area contributed by atoms with Crippen molar-refractivity contribution in [2.45, 2.75) is 32.7 Å². The molecule has 3 N–H and O–H groups in total. The lowest BCUT2D eigenvalue weighted by Crippen LogP contribution is -2.50. The standard InChI is InChI=1S/C10H23N3O/c1-5-6-12-9(14)7-13(4)10(2,3)8-11/h5-8,11H2,1-4H3,(H,12,14). The Balaban J connectivity index is 3.93. The maximum absolute atomic E-state index is 11.4. The third kappa shape index (κ3) is 4.58. The van der Waals surface area contributed by atoms with E-state index in [1.165, 1.54) is 0 Å². The highest BCUT2D eigenvalue weighted by Crippen LogP contribution is 2.08. The Hall–Kier alpha value is -0.610. The van der Waals surface area contributed by atoms with Crippen LogP contribution in [-0.4, -0.2) is 43.0 Å². The molecule has 1 amide bonds. The second-order valence-corrected chi connectivity index (χ2v) is 4.22. The second kappa shape index (κ2) is 5.98. The van der Waals surface area contributed by atoms with Gasteiger partial charge in [0, 0.05) is 18.6 Å². The van der Waals surface area contributed by atoms with Gasteiger partial charge in [-0.3, -0.25) is 9.69 Å². The molecule has 0 aliphatic rings. The molecule has 0 spiro atoms. The van der Waals surface area contributed by atoms with Crippen LogP contribution < -0.4 is 11.1 Å². The summed E-state index contributed by atoms with van der Waals surface area (Å²) in [6.45, 7) is 7.79. The lowest BCUT2D eigenvalue weighted by Gasteiger charge is -2.33. The van der Waals surface area contributed by atoms with Crippen molar-refractivity contribution in [3.8, 4) is 0 Å². The van der Waals surface area contributed by atoms with E-state index in [2.05, 4.69) is 5.32 Å². The summed E-state index contributed by atoms with van der Waals surface area (Å²) in [6, 6.07) is 0. The van der Waals surface area contributed by atoms with Gasteiger partial charge in [0.2, 0.25) is 5.91 Å². The van der Waals surface area contributed by atoms with Gasteiger partial charge < -0.3 is 11.1 Å². The largest absolute Gasteiger partial charge is 0.355 e. The van der Waals surface area contributed by atoms with Crippen molar-refractivity contribution in [1.29, 1.82) is 0 Å². The van der Waals surface area contributed by atoms with Crippen LogP contribution in [-0.2, 0) is 4.79 Å². The number of carbonyl (C=O) groups is 1. The zero-order valence-electron chi connectivity index (χ0n) is 9.76. The number of hydrogen-bond donors (Lipinski definition) is 2. The number of carbonyl (C=O) groups excluding carboxylic acids is 1. The van der Waals surface area contributed by atoms with Crippen molar-refractivity contribution >= 4 is 5.91 Å². The molecule has 0 heterocycles. The van der Waals surface area contributed by atoms with Gasteiger partial charge in [0.05, 0.1) is 6.54 Å². The quantitative estimate of drug-likeness (QED) is 0.644. The normalized spacial score (nSPS) is 11.9. The first kappa shape index (κ1) is 13.4. The van der Waals surface area contributed by atoms with Gasteiger partial charge >= 0.3 is 0 Å². The third-order valence-corrected chi connectivity index (χ3v) is 2.49. The Morgan fingerprint density at radius 3 is 2.50 bits per heavy atom. The SMILES string of the molecule is CCCNC(=O)CN(C)C(C)(C)CN. The van der Waals surface area contributed by atoms with Crippen molar-refractivity contribution < 1.29 is 4.79 Å². The van der Waals surface area contributed by atoms with Crippen LogP contribution in [0.25, 0.3) is 0 Å². The minimum absolute atomic E-state index is 0.0656. The summed E-state index contributed by atoms with van der Waals surface area (Å²) >= 11 is 0. The van der Waals surface area contributed by atoms with E-state index in [1.54, 1.807) is 0 Å². The maximum Gasteiger partial charge on any atom is 0.234 e. The Bertz CT molecular complexity index is 180. The molecule has 14 heavy (non-hydrogen) atoms. The van der Waals surface area contributed by atoms with Crippen LogP contribution in [0.5, 0.6) is 0 Å². The van der Waals surface area contributed by atoms with Crippen molar-refractivity contribution in [2.24, 2.45) is 5.73 Å². The molecular formula is C10H23N3O. The van der Waals surface area contributed by atoms with Crippen LogP contribution in [0, 0.1) is 0 Å². The molecule has 0 rings (SSSR count). The van der Waals surface area contributed by atoms with Crippen molar-refractivity contribution in [3.63, 3.8) is 0 Å². The highest BCUT2D eigenvalue weighted by atomic mass is 16.2. The minimum atomic E-state index is -0.121. The summed E-state index contributed by atoms with van der Waals surface area (Å²) in [5, 5.41) is 2.84. The molecular weight excluding hydrogens is 178 g/mol. The van der Waals surface area contributed by atoms with Gasteiger partial charge in [-0.15, -0.1) is 0 Å². The second-order valence-electron chi connectivity index (χ2n) is 4.22. The van der Waals surface area contributed by atoms with Gasteiger partial charge in [-0.25, -0.2) is 0 Å². The molecule has 0 fully saturated rings. The fraction of sp³-hybridized carbons (Fsp3) is 0.900. The van der Waals surface area contributed by atoms with Gasteiger partial charge in [-0.1, -0.05) is 6.92 Å². The van der Waals surface area contributed by atoms with Crippen LogP contribution in [0.2, 0.25) is 0 Å². The summed E-state index contributed by atoms with van der Waals surface area (Å²) in [6.07, 6.45) is 0.968. The monoisotopic (exact) mass is 201 g/mol. The Morgan fingerprint density at radius 2 is 2.07 bits per heavy atom. The average Bonchev–Trinajstić information content (AvgIpc) is 2.14. The number of amides is 1. The molecule has 0 saturated heterocycles. The first-order valence-electron chi connectivity index (χ1n) is 5.12.